The average Bonchev–Trinajstić information content (AvgIpc) is 3.48. The molecule has 0 aromatic carbocycles. The van der Waals surface area contributed by atoms with Gasteiger partial charge < -0.3 is 15.6 Å². The van der Waals surface area contributed by atoms with Crippen LogP contribution in [0.25, 0.3) is 22.3 Å². The van der Waals surface area contributed by atoms with E-state index >= 15 is 0 Å². The highest BCUT2D eigenvalue weighted by Gasteiger charge is 2.32. The van der Waals surface area contributed by atoms with Crippen molar-refractivity contribution in [1.29, 1.82) is 0 Å². The van der Waals surface area contributed by atoms with E-state index in [1.807, 2.05) is 30.5 Å². The van der Waals surface area contributed by atoms with Crippen LogP contribution in [0, 0.1) is 5.92 Å². The quantitative estimate of drug-likeness (QED) is 0.578. The molecular formula is C22H24ClN5O. The van der Waals surface area contributed by atoms with Gasteiger partial charge in [0.25, 0.3) is 0 Å². The van der Waals surface area contributed by atoms with Crippen LogP contribution in [0.5, 0.6) is 0 Å². The van der Waals surface area contributed by atoms with Crippen molar-refractivity contribution >= 4 is 34.4 Å². The summed E-state index contributed by atoms with van der Waals surface area (Å²) in [5.74, 6) is 1.31. The Morgan fingerprint density at radius 1 is 1.10 bits per heavy atom. The van der Waals surface area contributed by atoms with Crippen LogP contribution in [0.2, 0.25) is 5.02 Å². The molecule has 0 radical (unpaired) electrons. The van der Waals surface area contributed by atoms with Gasteiger partial charge in [-0.15, -0.1) is 0 Å². The molecule has 0 saturated heterocycles. The van der Waals surface area contributed by atoms with Gasteiger partial charge in [0.15, 0.2) is 0 Å². The second-order valence-electron chi connectivity index (χ2n) is 8.13. The second kappa shape index (κ2) is 7.67. The highest BCUT2D eigenvalue weighted by molar-refractivity contribution is 6.31. The van der Waals surface area contributed by atoms with Crippen molar-refractivity contribution in [1.82, 2.24) is 20.3 Å². The molecule has 2 saturated carbocycles. The number of amides is 1. The van der Waals surface area contributed by atoms with Crippen molar-refractivity contribution in [3.8, 4) is 11.3 Å². The molecule has 2 fully saturated rings. The number of hydrogen-bond donors (Lipinski definition) is 3. The fourth-order valence-electron chi connectivity index (χ4n) is 4.13. The van der Waals surface area contributed by atoms with Crippen molar-refractivity contribution < 1.29 is 4.79 Å². The molecule has 0 bridgehead atoms. The van der Waals surface area contributed by atoms with Gasteiger partial charge in [-0.2, -0.15) is 0 Å². The maximum atomic E-state index is 12.0. The lowest BCUT2D eigenvalue weighted by molar-refractivity contribution is -0.123. The van der Waals surface area contributed by atoms with E-state index in [-0.39, 0.29) is 11.8 Å². The van der Waals surface area contributed by atoms with E-state index in [0.29, 0.717) is 17.1 Å². The average molecular weight is 410 g/mol. The fourth-order valence-corrected chi connectivity index (χ4v) is 4.34. The van der Waals surface area contributed by atoms with Crippen molar-refractivity contribution in [2.45, 2.75) is 50.6 Å². The van der Waals surface area contributed by atoms with Crippen molar-refractivity contribution in [2.75, 3.05) is 5.32 Å². The van der Waals surface area contributed by atoms with Crippen LogP contribution in [0.4, 0.5) is 5.82 Å². The molecule has 3 N–H and O–H groups in total. The number of pyridine rings is 2. The third-order valence-electron chi connectivity index (χ3n) is 5.89. The summed E-state index contributed by atoms with van der Waals surface area (Å²) in [7, 11) is 0. The predicted octanol–water partition coefficient (Wildman–Crippen LogP) is 4.53. The van der Waals surface area contributed by atoms with Crippen molar-refractivity contribution in [3.63, 3.8) is 0 Å². The molecule has 0 spiro atoms. The first-order valence-corrected chi connectivity index (χ1v) is 10.7. The lowest BCUT2D eigenvalue weighted by Crippen LogP contribution is -2.40. The third-order valence-corrected chi connectivity index (χ3v) is 6.11. The van der Waals surface area contributed by atoms with E-state index in [2.05, 4.69) is 20.6 Å². The van der Waals surface area contributed by atoms with Gasteiger partial charge >= 0.3 is 0 Å². The number of H-pyrrole nitrogens is 1. The molecular weight excluding hydrogens is 386 g/mol. The molecule has 5 rings (SSSR count). The van der Waals surface area contributed by atoms with Crippen LogP contribution in [0.15, 0.2) is 36.7 Å². The van der Waals surface area contributed by atoms with Crippen LogP contribution >= 0.6 is 11.6 Å². The van der Waals surface area contributed by atoms with Gasteiger partial charge in [-0.1, -0.05) is 11.6 Å². The van der Waals surface area contributed by atoms with Crippen LogP contribution in [0.3, 0.4) is 0 Å². The predicted molar refractivity (Wildman–Crippen MR) is 115 cm³/mol. The summed E-state index contributed by atoms with van der Waals surface area (Å²) in [6, 6.07) is 8.35. The van der Waals surface area contributed by atoms with Crippen LogP contribution in [-0.2, 0) is 4.79 Å². The van der Waals surface area contributed by atoms with Gasteiger partial charge in [-0.25, -0.2) is 9.97 Å². The summed E-state index contributed by atoms with van der Waals surface area (Å²) in [6.45, 7) is 0. The number of rotatable bonds is 5. The molecule has 7 heteroatoms. The number of carbonyl (C=O) groups excluding carboxylic acids is 1. The minimum atomic E-state index is 0.246. The number of nitrogens with zero attached hydrogens (tertiary/aromatic N) is 2. The summed E-state index contributed by atoms with van der Waals surface area (Å²) in [6.07, 6.45) is 9.82. The normalized spacial score (nSPS) is 21.8. The minimum Gasteiger partial charge on any atom is -0.367 e. The smallest absolute Gasteiger partial charge is 0.223 e. The lowest BCUT2D eigenvalue weighted by Gasteiger charge is -2.30. The molecule has 0 unspecified atom stereocenters. The summed E-state index contributed by atoms with van der Waals surface area (Å²) in [5.41, 5.74) is 2.65. The molecule has 2 aliphatic rings. The maximum absolute atomic E-state index is 12.0. The first-order valence-electron chi connectivity index (χ1n) is 10.3. The number of nitrogens with one attached hydrogen (secondary N) is 3. The monoisotopic (exact) mass is 409 g/mol. The minimum absolute atomic E-state index is 0.246. The summed E-state index contributed by atoms with van der Waals surface area (Å²) in [4.78, 5) is 24.3. The van der Waals surface area contributed by atoms with Gasteiger partial charge in [0, 0.05) is 46.4 Å². The van der Waals surface area contributed by atoms with Crippen LogP contribution in [-0.4, -0.2) is 32.9 Å². The number of aromatic nitrogens is 3. The van der Waals surface area contributed by atoms with E-state index in [1.165, 1.54) is 0 Å². The number of fused-ring (bicyclic) bond motifs is 1. The van der Waals surface area contributed by atoms with Crippen molar-refractivity contribution in [2.24, 2.45) is 5.92 Å². The SMILES string of the molecule is O=C(N[C@H]1CC[C@H](Nc2cc(Cl)cc(-c3c[nH]c4ncccc34)n2)CC1)C1CC1. The number of carbonyl (C=O) groups is 1. The molecule has 29 heavy (non-hydrogen) atoms. The van der Waals surface area contributed by atoms with Gasteiger partial charge in [0.2, 0.25) is 5.91 Å². The van der Waals surface area contributed by atoms with E-state index < -0.39 is 0 Å². The Morgan fingerprint density at radius 2 is 1.90 bits per heavy atom. The zero-order chi connectivity index (χ0) is 19.8. The van der Waals surface area contributed by atoms with E-state index in [9.17, 15) is 4.79 Å². The van der Waals surface area contributed by atoms with Gasteiger partial charge in [0.1, 0.15) is 11.5 Å². The van der Waals surface area contributed by atoms with Crippen molar-refractivity contribution in [3.05, 3.63) is 41.7 Å². The molecule has 0 atom stereocenters. The summed E-state index contributed by atoms with van der Waals surface area (Å²) in [5, 5.41) is 8.43. The Bertz CT molecular complexity index is 1040. The van der Waals surface area contributed by atoms with E-state index in [1.54, 1.807) is 6.20 Å². The molecule has 150 valence electrons. The molecule has 6 nitrogen and oxygen atoms in total. The number of anilines is 1. The highest BCUT2D eigenvalue weighted by atomic mass is 35.5. The first kappa shape index (κ1) is 18.4. The Kier molecular flexibility index (Phi) is 4.87. The van der Waals surface area contributed by atoms with Gasteiger partial charge in [-0.05, 0) is 62.8 Å². The molecule has 2 aliphatic carbocycles. The molecule has 3 aromatic rings. The number of hydrogen-bond acceptors (Lipinski definition) is 4. The zero-order valence-electron chi connectivity index (χ0n) is 16.1. The number of halogens is 1. The van der Waals surface area contributed by atoms with E-state index in [4.69, 9.17) is 16.6 Å². The molecule has 1 amide bonds. The maximum Gasteiger partial charge on any atom is 0.223 e. The molecule has 3 aromatic heterocycles. The topological polar surface area (TPSA) is 82.7 Å². The Labute approximate surface area is 174 Å². The first-order chi connectivity index (χ1) is 14.2. The van der Waals surface area contributed by atoms with Gasteiger partial charge in [-0.3, -0.25) is 4.79 Å². The van der Waals surface area contributed by atoms with E-state index in [0.717, 1.165) is 66.6 Å². The Hall–Kier alpha value is -2.60. The third kappa shape index (κ3) is 4.08. The lowest BCUT2D eigenvalue weighted by atomic mass is 9.91. The largest absolute Gasteiger partial charge is 0.367 e. The highest BCUT2D eigenvalue weighted by Crippen LogP contribution is 2.32. The molecule has 0 aliphatic heterocycles. The van der Waals surface area contributed by atoms with Gasteiger partial charge in [0.05, 0.1) is 5.69 Å². The number of aromatic amines is 1. The Morgan fingerprint density at radius 3 is 2.69 bits per heavy atom. The summed E-state index contributed by atoms with van der Waals surface area (Å²) < 4.78 is 0. The second-order valence-corrected chi connectivity index (χ2v) is 8.57. The molecule has 3 heterocycles. The fraction of sp³-hybridized carbons (Fsp3) is 0.409. The van der Waals surface area contributed by atoms with Crippen LogP contribution in [0.1, 0.15) is 38.5 Å². The van der Waals surface area contributed by atoms with Crippen LogP contribution < -0.4 is 10.6 Å². The standard InChI is InChI=1S/C22H24ClN5O/c23-14-10-19(18-12-25-21-17(18)2-1-9-24-21)28-20(11-14)26-15-5-7-16(8-6-15)27-22(29)13-3-4-13/h1-2,9-13,15-16H,3-8H2,(H,24,25)(H,26,28)(H,27,29)/t15-,16-. The summed E-state index contributed by atoms with van der Waals surface area (Å²) >= 11 is 6.40. The zero-order valence-corrected chi connectivity index (χ0v) is 16.9. The Balaban J connectivity index is 1.27.